The summed E-state index contributed by atoms with van der Waals surface area (Å²) in [6.45, 7) is 4.67. The Balaban J connectivity index is 2.02. The van der Waals surface area contributed by atoms with Crippen molar-refractivity contribution in [3.05, 3.63) is 30.3 Å². The van der Waals surface area contributed by atoms with Crippen LogP contribution in [0.5, 0.6) is 0 Å². The van der Waals surface area contributed by atoms with E-state index in [1.54, 1.807) is 0 Å². The van der Waals surface area contributed by atoms with Crippen LogP contribution in [0.1, 0.15) is 26.2 Å². The number of hydrogen-bond acceptors (Lipinski definition) is 3. The number of nitrogens with one attached hydrogen (secondary N) is 1. The van der Waals surface area contributed by atoms with Crippen molar-refractivity contribution in [2.24, 2.45) is 5.73 Å². The Morgan fingerprint density at radius 1 is 1.32 bits per heavy atom. The lowest BCUT2D eigenvalue weighted by atomic mass is 9.86. The summed E-state index contributed by atoms with van der Waals surface area (Å²) in [5, 5.41) is 3.36. The molecular weight excluding hydrogens is 238 g/mol. The minimum absolute atomic E-state index is 0.214. The molecule has 4 nitrogen and oxygen atoms in total. The smallest absolute Gasteiger partial charge is 0.237 e. The molecule has 19 heavy (non-hydrogen) atoms. The van der Waals surface area contributed by atoms with Crippen LogP contribution in [0.15, 0.2) is 30.3 Å². The van der Waals surface area contributed by atoms with Crippen molar-refractivity contribution in [3.63, 3.8) is 0 Å². The number of nitrogens with two attached hydrogens (primary N) is 1. The van der Waals surface area contributed by atoms with E-state index in [1.807, 2.05) is 18.2 Å². The van der Waals surface area contributed by atoms with Crippen molar-refractivity contribution in [3.8, 4) is 0 Å². The molecule has 4 heteroatoms. The number of carbonyl (C=O) groups excluding carboxylic acids is 1. The number of carbonyl (C=O) groups is 1. The molecule has 0 radical (unpaired) electrons. The first-order valence-corrected chi connectivity index (χ1v) is 7.03. The van der Waals surface area contributed by atoms with E-state index in [4.69, 9.17) is 5.73 Å². The number of amides is 1. The van der Waals surface area contributed by atoms with Gasteiger partial charge in [0.05, 0.1) is 0 Å². The van der Waals surface area contributed by atoms with E-state index in [-0.39, 0.29) is 5.91 Å². The van der Waals surface area contributed by atoms with E-state index in [9.17, 15) is 4.79 Å². The molecular formula is C15H23N3O. The van der Waals surface area contributed by atoms with Gasteiger partial charge in [-0.15, -0.1) is 0 Å². The fraction of sp³-hybridized carbons (Fsp3) is 0.533. The Morgan fingerprint density at radius 3 is 2.47 bits per heavy atom. The predicted octanol–water partition coefficient (Wildman–Crippen LogP) is 1.51. The molecule has 0 spiro atoms. The summed E-state index contributed by atoms with van der Waals surface area (Å²) in [6.07, 6.45) is 2.56. The van der Waals surface area contributed by atoms with Gasteiger partial charge in [0.15, 0.2) is 0 Å². The topological polar surface area (TPSA) is 58.4 Å². The minimum atomic E-state index is -0.513. The summed E-state index contributed by atoms with van der Waals surface area (Å²) in [6, 6.07) is 10.3. The second-order valence-corrected chi connectivity index (χ2v) is 5.20. The summed E-state index contributed by atoms with van der Waals surface area (Å²) in [7, 11) is 0. The van der Waals surface area contributed by atoms with Gasteiger partial charge in [-0.25, -0.2) is 0 Å². The maximum atomic E-state index is 11.8. The van der Waals surface area contributed by atoms with Crippen LogP contribution in [-0.2, 0) is 4.79 Å². The van der Waals surface area contributed by atoms with Gasteiger partial charge < -0.3 is 16.0 Å². The highest BCUT2D eigenvalue weighted by Crippen LogP contribution is 2.26. The maximum Gasteiger partial charge on any atom is 0.237 e. The summed E-state index contributed by atoms with van der Waals surface area (Å²) in [5.74, 6) is -0.214. The molecule has 0 aliphatic carbocycles. The van der Waals surface area contributed by atoms with Crippen molar-refractivity contribution < 1.29 is 4.79 Å². The normalized spacial score (nSPS) is 18.3. The molecule has 0 aromatic heterocycles. The molecule has 1 aliphatic heterocycles. The lowest BCUT2D eigenvalue weighted by Crippen LogP contribution is -2.61. The number of primary amides is 1. The van der Waals surface area contributed by atoms with Crippen LogP contribution in [0.2, 0.25) is 0 Å². The molecule has 1 amide bonds. The van der Waals surface area contributed by atoms with Crippen LogP contribution >= 0.6 is 0 Å². The predicted molar refractivity (Wildman–Crippen MR) is 78.1 cm³/mol. The zero-order chi connectivity index (χ0) is 13.7. The van der Waals surface area contributed by atoms with Crippen molar-refractivity contribution in [1.82, 2.24) is 5.32 Å². The fourth-order valence-corrected chi connectivity index (χ4v) is 2.66. The molecule has 0 atom stereocenters. The van der Waals surface area contributed by atoms with Crippen LogP contribution in [-0.4, -0.2) is 31.1 Å². The molecule has 1 aromatic rings. The lowest BCUT2D eigenvalue weighted by molar-refractivity contribution is -0.125. The standard InChI is InChI=1S/C15H23N3O/c1-2-10-17-15(14(16)19)8-11-18(12-9-15)13-6-4-3-5-7-13/h3-7,17H,2,8-12H2,1H3,(H2,16,19). The third-order valence-corrected chi connectivity index (χ3v) is 3.92. The molecule has 1 saturated heterocycles. The van der Waals surface area contributed by atoms with E-state index in [2.05, 4.69) is 29.3 Å². The Hall–Kier alpha value is -1.55. The van der Waals surface area contributed by atoms with E-state index in [0.29, 0.717) is 0 Å². The number of nitrogens with zero attached hydrogens (tertiary/aromatic N) is 1. The number of benzene rings is 1. The Labute approximate surface area is 115 Å². The Morgan fingerprint density at radius 2 is 1.95 bits per heavy atom. The van der Waals surface area contributed by atoms with E-state index >= 15 is 0 Å². The monoisotopic (exact) mass is 261 g/mol. The van der Waals surface area contributed by atoms with Crippen LogP contribution < -0.4 is 16.0 Å². The quantitative estimate of drug-likeness (QED) is 0.844. The summed E-state index contributed by atoms with van der Waals surface area (Å²) in [5.41, 5.74) is 6.31. The second-order valence-electron chi connectivity index (χ2n) is 5.20. The van der Waals surface area contributed by atoms with Crippen LogP contribution in [0.4, 0.5) is 5.69 Å². The average Bonchev–Trinajstić information content (AvgIpc) is 2.46. The number of para-hydroxylation sites is 1. The average molecular weight is 261 g/mol. The third kappa shape index (κ3) is 3.07. The highest BCUT2D eigenvalue weighted by molar-refractivity contribution is 5.85. The number of rotatable bonds is 5. The van der Waals surface area contributed by atoms with Crippen molar-refractivity contribution >= 4 is 11.6 Å². The molecule has 3 N–H and O–H groups in total. The fourth-order valence-electron chi connectivity index (χ4n) is 2.66. The molecule has 1 heterocycles. The molecule has 0 unspecified atom stereocenters. The van der Waals surface area contributed by atoms with Gasteiger partial charge in [-0.1, -0.05) is 25.1 Å². The molecule has 1 fully saturated rings. The molecule has 1 aromatic carbocycles. The number of piperidine rings is 1. The van der Waals surface area contributed by atoms with E-state index < -0.39 is 5.54 Å². The molecule has 104 valence electrons. The zero-order valence-electron chi connectivity index (χ0n) is 11.6. The first-order chi connectivity index (χ1) is 9.18. The molecule has 1 aliphatic rings. The van der Waals surface area contributed by atoms with E-state index in [0.717, 1.165) is 38.9 Å². The summed E-state index contributed by atoms with van der Waals surface area (Å²) < 4.78 is 0. The molecule has 0 saturated carbocycles. The minimum Gasteiger partial charge on any atom is -0.371 e. The van der Waals surface area contributed by atoms with Gasteiger partial charge in [0, 0.05) is 18.8 Å². The first-order valence-electron chi connectivity index (χ1n) is 7.03. The van der Waals surface area contributed by atoms with Crippen molar-refractivity contribution in [2.45, 2.75) is 31.7 Å². The number of hydrogen-bond donors (Lipinski definition) is 2. The summed E-state index contributed by atoms with van der Waals surface area (Å²) in [4.78, 5) is 14.1. The first kappa shape index (κ1) is 13.9. The number of anilines is 1. The van der Waals surface area contributed by atoms with Crippen LogP contribution in [0.25, 0.3) is 0 Å². The zero-order valence-corrected chi connectivity index (χ0v) is 11.6. The molecule has 0 bridgehead atoms. The SMILES string of the molecule is CCCNC1(C(N)=O)CCN(c2ccccc2)CC1. The molecule has 2 rings (SSSR count). The summed E-state index contributed by atoms with van der Waals surface area (Å²) >= 11 is 0. The van der Waals surface area contributed by atoms with Gasteiger partial charge in [0.1, 0.15) is 5.54 Å². The maximum absolute atomic E-state index is 11.8. The van der Waals surface area contributed by atoms with Gasteiger partial charge in [0.2, 0.25) is 5.91 Å². The Bertz CT molecular complexity index is 411. The Kier molecular flexibility index (Phi) is 4.43. The van der Waals surface area contributed by atoms with Gasteiger partial charge in [-0.3, -0.25) is 4.79 Å². The van der Waals surface area contributed by atoms with Gasteiger partial charge in [-0.05, 0) is 37.9 Å². The van der Waals surface area contributed by atoms with Gasteiger partial charge >= 0.3 is 0 Å². The van der Waals surface area contributed by atoms with Crippen molar-refractivity contribution in [1.29, 1.82) is 0 Å². The van der Waals surface area contributed by atoms with Gasteiger partial charge in [-0.2, -0.15) is 0 Å². The van der Waals surface area contributed by atoms with E-state index in [1.165, 1.54) is 5.69 Å². The highest BCUT2D eigenvalue weighted by atomic mass is 16.1. The van der Waals surface area contributed by atoms with Crippen LogP contribution in [0, 0.1) is 0 Å². The van der Waals surface area contributed by atoms with Crippen LogP contribution in [0.3, 0.4) is 0 Å². The third-order valence-electron chi connectivity index (χ3n) is 3.92. The second kappa shape index (κ2) is 6.06. The largest absolute Gasteiger partial charge is 0.371 e. The van der Waals surface area contributed by atoms with Gasteiger partial charge in [0.25, 0.3) is 0 Å². The highest BCUT2D eigenvalue weighted by Gasteiger charge is 2.39. The van der Waals surface area contributed by atoms with Crippen molar-refractivity contribution in [2.75, 3.05) is 24.5 Å². The lowest BCUT2D eigenvalue weighted by Gasteiger charge is -2.41.